The van der Waals surface area contributed by atoms with Crippen LogP contribution in [-0.4, -0.2) is 24.7 Å². The summed E-state index contributed by atoms with van der Waals surface area (Å²) >= 11 is 7.73. The zero-order valence-electron chi connectivity index (χ0n) is 14.1. The lowest BCUT2D eigenvalue weighted by Gasteiger charge is -2.32. The molecule has 0 spiro atoms. The first-order chi connectivity index (χ1) is 12.6. The van der Waals surface area contributed by atoms with E-state index in [1.807, 2.05) is 36.6 Å². The van der Waals surface area contributed by atoms with E-state index in [0.717, 1.165) is 10.5 Å². The number of benzene rings is 2. The second kappa shape index (κ2) is 6.82. The number of carbonyl (C=O) groups is 2. The predicted octanol–water partition coefficient (Wildman–Crippen LogP) is 4.39. The monoisotopic (exact) mass is 385 g/mol. The maximum Gasteiger partial charge on any atom is 0.336 e. The number of halogens is 1. The number of anilines is 1. The lowest BCUT2D eigenvalue weighted by atomic mass is 9.84. The molecule has 1 atom stereocenters. The summed E-state index contributed by atoms with van der Waals surface area (Å²) in [6.07, 6.45) is 2.23. The highest BCUT2D eigenvalue weighted by molar-refractivity contribution is 7.98. The number of ether oxygens (including phenoxy) is 1. The third kappa shape index (κ3) is 2.91. The topological polar surface area (TPSA) is 46.6 Å². The van der Waals surface area contributed by atoms with Crippen molar-refractivity contribution < 1.29 is 14.3 Å². The Morgan fingerprint density at radius 1 is 1.15 bits per heavy atom. The van der Waals surface area contributed by atoms with E-state index in [4.69, 9.17) is 16.3 Å². The molecule has 2 aromatic rings. The number of carbonyl (C=O) groups excluding carboxylic acids is 2. The van der Waals surface area contributed by atoms with E-state index in [0.29, 0.717) is 22.0 Å². The van der Waals surface area contributed by atoms with Crippen LogP contribution in [0, 0.1) is 0 Å². The third-order valence-electron chi connectivity index (χ3n) is 4.70. The summed E-state index contributed by atoms with van der Waals surface area (Å²) in [5, 5.41) is 0.539. The van der Waals surface area contributed by atoms with Crippen LogP contribution >= 0.6 is 23.4 Å². The van der Waals surface area contributed by atoms with E-state index in [2.05, 4.69) is 0 Å². The van der Waals surface area contributed by atoms with Crippen molar-refractivity contribution in [3.8, 4) is 0 Å². The number of hydrogen-bond donors (Lipinski definition) is 0. The molecule has 6 heteroatoms. The molecule has 0 bridgehead atoms. The summed E-state index contributed by atoms with van der Waals surface area (Å²) in [7, 11) is 0. The zero-order valence-corrected chi connectivity index (χ0v) is 15.6. The van der Waals surface area contributed by atoms with Crippen molar-refractivity contribution in [2.45, 2.75) is 17.2 Å². The first-order valence-electron chi connectivity index (χ1n) is 8.21. The van der Waals surface area contributed by atoms with Crippen LogP contribution in [0.25, 0.3) is 0 Å². The van der Waals surface area contributed by atoms with Crippen molar-refractivity contribution in [2.24, 2.45) is 0 Å². The first-order valence-corrected chi connectivity index (χ1v) is 9.81. The smallest absolute Gasteiger partial charge is 0.336 e. The Bertz CT molecular complexity index is 923. The summed E-state index contributed by atoms with van der Waals surface area (Å²) in [5.74, 6) is -0.694. The molecule has 0 fully saturated rings. The van der Waals surface area contributed by atoms with E-state index in [9.17, 15) is 9.59 Å². The summed E-state index contributed by atoms with van der Waals surface area (Å²) in [6.45, 7) is 0.103. The standard InChI is InChI=1S/C20H16ClNO3S/c1-26-15-7-5-12(6-8-15)16-10-18(23)22(14-4-2-3-13(21)9-14)17-11-25-20(24)19(16)17/h2-9,16H,10-11H2,1H3/t16-/m0/s1. The van der Waals surface area contributed by atoms with Gasteiger partial charge in [-0.2, -0.15) is 0 Å². The molecular formula is C20H16ClNO3S. The van der Waals surface area contributed by atoms with Crippen LogP contribution in [0.3, 0.4) is 0 Å². The average Bonchev–Trinajstić information content (AvgIpc) is 3.02. The Morgan fingerprint density at radius 3 is 2.62 bits per heavy atom. The second-order valence-electron chi connectivity index (χ2n) is 6.18. The Balaban J connectivity index is 1.80. The quantitative estimate of drug-likeness (QED) is 0.580. The van der Waals surface area contributed by atoms with E-state index >= 15 is 0 Å². The van der Waals surface area contributed by atoms with E-state index < -0.39 is 0 Å². The number of cyclic esters (lactones) is 1. The van der Waals surface area contributed by atoms with Gasteiger partial charge in [-0.15, -0.1) is 11.8 Å². The normalized spacial score (nSPS) is 19.6. The fourth-order valence-corrected chi connectivity index (χ4v) is 4.08. The minimum absolute atomic E-state index is 0.0664. The van der Waals surface area contributed by atoms with Crippen molar-refractivity contribution in [3.05, 3.63) is 70.4 Å². The number of nitrogens with zero attached hydrogens (tertiary/aromatic N) is 1. The average molecular weight is 386 g/mol. The van der Waals surface area contributed by atoms with Gasteiger partial charge in [0.1, 0.15) is 6.61 Å². The van der Waals surface area contributed by atoms with Crippen molar-refractivity contribution in [2.75, 3.05) is 17.8 Å². The van der Waals surface area contributed by atoms with Gasteiger partial charge >= 0.3 is 5.97 Å². The molecule has 132 valence electrons. The largest absolute Gasteiger partial charge is 0.456 e. The highest BCUT2D eigenvalue weighted by atomic mass is 35.5. The lowest BCUT2D eigenvalue weighted by molar-refractivity contribution is -0.136. The molecule has 2 aliphatic heterocycles. The molecule has 2 aromatic carbocycles. The first kappa shape index (κ1) is 17.2. The van der Waals surface area contributed by atoms with E-state index in [1.165, 1.54) is 0 Å². The van der Waals surface area contributed by atoms with Gasteiger partial charge in [-0.3, -0.25) is 9.69 Å². The number of rotatable bonds is 3. The van der Waals surface area contributed by atoms with Crippen LogP contribution in [-0.2, 0) is 14.3 Å². The van der Waals surface area contributed by atoms with E-state index in [1.54, 1.807) is 34.9 Å². The summed E-state index contributed by atoms with van der Waals surface area (Å²) in [4.78, 5) is 28.1. The molecule has 0 aliphatic carbocycles. The summed E-state index contributed by atoms with van der Waals surface area (Å²) in [5.41, 5.74) is 2.80. The molecule has 2 aliphatic rings. The van der Waals surface area contributed by atoms with Crippen LogP contribution < -0.4 is 4.90 Å². The predicted molar refractivity (Wildman–Crippen MR) is 103 cm³/mol. The number of esters is 1. The van der Waals surface area contributed by atoms with Crippen molar-refractivity contribution in [1.82, 2.24) is 0 Å². The summed E-state index contributed by atoms with van der Waals surface area (Å²) in [6, 6.07) is 15.1. The number of thioether (sulfide) groups is 1. The van der Waals surface area contributed by atoms with Gasteiger partial charge < -0.3 is 4.74 Å². The molecule has 26 heavy (non-hydrogen) atoms. The van der Waals surface area contributed by atoms with Crippen molar-refractivity contribution in [3.63, 3.8) is 0 Å². The van der Waals surface area contributed by atoms with Gasteiger partial charge in [-0.05, 0) is 42.2 Å². The Labute approximate surface area is 160 Å². The zero-order chi connectivity index (χ0) is 18.3. The molecule has 4 rings (SSSR count). The third-order valence-corrected chi connectivity index (χ3v) is 5.68. The molecular weight excluding hydrogens is 370 g/mol. The fraction of sp³-hybridized carbons (Fsp3) is 0.200. The van der Waals surface area contributed by atoms with Gasteiger partial charge in [-0.25, -0.2) is 4.79 Å². The Morgan fingerprint density at radius 2 is 1.92 bits per heavy atom. The van der Waals surface area contributed by atoms with Gasteiger partial charge in [0.05, 0.1) is 17.0 Å². The highest BCUT2D eigenvalue weighted by Gasteiger charge is 2.42. The van der Waals surface area contributed by atoms with Crippen LogP contribution in [0.15, 0.2) is 64.7 Å². The molecule has 2 heterocycles. The highest BCUT2D eigenvalue weighted by Crippen LogP contribution is 2.42. The van der Waals surface area contributed by atoms with Gasteiger partial charge in [0.15, 0.2) is 0 Å². The van der Waals surface area contributed by atoms with Crippen LogP contribution in [0.2, 0.25) is 5.02 Å². The maximum absolute atomic E-state index is 12.9. The molecule has 1 amide bonds. The molecule has 0 unspecified atom stereocenters. The summed E-state index contributed by atoms with van der Waals surface area (Å²) < 4.78 is 5.28. The molecule has 0 N–H and O–H groups in total. The minimum atomic E-state index is -0.349. The van der Waals surface area contributed by atoms with Gasteiger partial charge in [0, 0.05) is 22.3 Å². The van der Waals surface area contributed by atoms with Crippen LogP contribution in [0.1, 0.15) is 17.9 Å². The molecule has 0 saturated heterocycles. The molecule has 0 aromatic heterocycles. The van der Waals surface area contributed by atoms with Crippen LogP contribution in [0.5, 0.6) is 0 Å². The van der Waals surface area contributed by atoms with Crippen molar-refractivity contribution >= 4 is 40.9 Å². The Kier molecular flexibility index (Phi) is 4.51. The minimum Gasteiger partial charge on any atom is -0.456 e. The fourth-order valence-electron chi connectivity index (χ4n) is 3.49. The van der Waals surface area contributed by atoms with Crippen molar-refractivity contribution in [1.29, 1.82) is 0 Å². The van der Waals surface area contributed by atoms with Gasteiger partial charge in [-0.1, -0.05) is 29.8 Å². The molecule has 4 nitrogen and oxygen atoms in total. The van der Waals surface area contributed by atoms with Crippen LogP contribution in [0.4, 0.5) is 5.69 Å². The number of amides is 1. The lowest BCUT2D eigenvalue weighted by Crippen LogP contribution is -2.37. The van der Waals surface area contributed by atoms with Gasteiger partial charge in [0.2, 0.25) is 5.91 Å². The molecule has 0 saturated carbocycles. The SMILES string of the molecule is CSc1ccc([C@@H]2CC(=O)N(c3cccc(Cl)c3)C3=C2C(=O)OC3)cc1. The number of hydrogen-bond acceptors (Lipinski definition) is 4. The van der Waals surface area contributed by atoms with Gasteiger partial charge in [0.25, 0.3) is 0 Å². The second-order valence-corrected chi connectivity index (χ2v) is 7.49. The molecule has 0 radical (unpaired) electrons. The van der Waals surface area contributed by atoms with E-state index in [-0.39, 0.29) is 30.8 Å². The maximum atomic E-state index is 12.9. The Hall–Kier alpha value is -2.24.